The summed E-state index contributed by atoms with van der Waals surface area (Å²) in [6.07, 6.45) is -6.17. The number of ether oxygens (including phenoxy) is 1. The predicted molar refractivity (Wildman–Crippen MR) is 125 cm³/mol. The van der Waals surface area contributed by atoms with Crippen LogP contribution in [-0.4, -0.2) is 58.0 Å². The molecule has 1 amide bonds. The van der Waals surface area contributed by atoms with Gasteiger partial charge in [-0.15, -0.1) is 0 Å². The Morgan fingerprint density at radius 2 is 1.92 bits per heavy atom. The number of carbonyl (C=O) groups is 1. The molecule has 1 aromatic heterocycles. The summed E-state index contributed by atoms with van der Waals surface area (Å²) >= 11 is 0. The first-order valence-electron chi connectivity index (χ1n) is 11.5. The summed E-state index contributed by atoms with van der Waals surface area (Å²) in [7, 11) is 0. The number of nitrogens with zero attached hydrogens (tertiary/aromatic N) is 1. The van der Waals surface area contributed by atoms with Gasteiger partial charge >= 0.3 is 6.18 Å². The Labute approximate surface area is 205 Å². The fourth-order valence-corrected chi connectivity index (χ4v) is 4.92. The Morgan fingerprint density at radius 1 is 1.17 bits per heavy atom. The van der Waals surface area contributed by atoms with Crippen molar-refractivity contribution in [1.82, 2.24) is 9.88 Å². The van der Waals surface area contributed by atoms with Crippen molar-refractivity contribution in [3.8, 4) is 5.75 Å². The van der Waals surface area contributed by atoms with Gasteiger partial charge in [0.2, 0.25) is 6.41 Å². The Kier molecular flexibility index (Phi) is 6.78. The number of H-pyrrole nitrogens is 1. The van der Waals surface area contributed by atoms with E-state index in [1.807, 2.05) is 0 Å². The van der Waals surface area contributed by atoms with E-state index in [1.165, 1.54) is 13.8 Å². The molecular formula is C26H28F4N2O4. The number of fused-ring (bicyclic) bond motifs is 1. The molecule has 10 heteroatoms. The molecule has 1 aliphatic heterocycles. The number of morpholine rings is 1. The maximum Gasteiger partial charge on any atom is 0.417 e. The third-order valence-corrected chi connectivity index (χ3v) is 6.75. The number of hydrogen-bond donors (Lipinski definition) is 3. The third kappa shape index (κ3) is 5.19. The second-order valence-corrected chi connectivity index (χ2v) is 10.0. The van der Waals surface area contributed by atoms with Crippen molar-refractivity contribution in [2.45, 2.75) is 50.0 Å². The molecule has 1 fully saturated rings. The standard InChI is InChI=1S/C26H28F4N2O4/c1-24(2,20-11-18(27)5-6-22(20)34)14-25(35,26(28,29)30)12-19-9-16-3-4-17(10-21(16)31-19)23-13-32(15-33)7-8-36-23/h3-6,9-11,15,23,31,34-35H,7-8,12-14H2,1-2H3. The highest BCUT2D eigenvalue weighted by Crippen LogP contribution is 2.45. The van der Waals surface area contributed by atoms with Crippen LogP contribution < -0.4 is 0 Å². The molecule has 2 aromatic carbocycles. The fourth-order valence-electron chi connectivity index (χ4n) is 4.92. The molecule has 0 bridgehead atoms. The molecule has 0 saturated carbocycles. The number of nitrogens with one attached hydrogen (secondary N) is 1. The number of rotatable bonds is 7. The molecule has 2 unspecified atom stereocenters. The number of halogens is 4. The zero-order valence-corrected chi connectivity index (χ0v) is 19.9. The van der Waals surface area contributed by atoms with Gasteiger partial charge in [0.15, 0.2) is 5.60 Å². The molecule has 4 rings (SSSR count). The molecule has 2 heterocycles. The van der Waals surface area contributed by atoms with Crippen LogP contribution in [0.15, 0.2) is 42.5 Å². The van der Waals surface area contributed by atoms with Crippen molar-refractivity contribution in [2.75, 3.05) is 19.7 Å². The number of alkyl halides is 3. The Morgan fingerprint density at radius 3 is 2.61 bits per heavy atom. The number of hydrogen-bond acceptors (Lipinski definition) is 4. The van der Waals surface area contributed by atoms with E-state index in [0.717, 1.165) is 30.2 Å². The number of aliphatic hydroxyl groups is 1. The zero-order chi connectivity index (χ0) is 26.3. The minimum atomic E-state index is -5.00. The third-order valence-electron chi connectivity index (χ3n) is 6.75. The molecule has 1 saturated heterocycles. The largest absolute Gasteiger partial charge is 0.508 e. The average Bonchev–Trinajstić information content (AvgIpc) is 3.20. The molecule has 6 nitrogen and oxygen atoms in total. The lowest BCUT2D eigenvalue weighted by molar-refractivity contribution is -0.266. The first-order valence-corrected chi connectivity index (χ1v) is 11.5. The molecule has 3 N–H and O–H groups in total. The molecule has 3 aromatic rings. The number of carbonyl (C=O) groups excluding carboxylic acids is 1. The topological polar surface area (TPSA) is 85.8 Å². The molecule has 0 spiro atoms. The van der Waals surface area contributed by atoms with Gasteiger partial charge in [-0.3, -0.25) is 4.79 Å². The molecular weight excluding hydrogens is 480 g/mol. The summed E-state index contributed by atoms with van der Waals surface area (Å²) in [6.45, 7) is 4.09. The second kappa shape index (κ2) is 9.40. The smallest absolute Gasteiger partial charge is 0.417 e. The number of benzene rings is 2. The highest BCUT2D eigenvalue weighted by molar-refractivity contribution is 5.81. The molecule has 36 heavy (non-hydrogen) atoms. The molecule has 0 radical (unpaired) electrons. The van der Waals surface area contributed by atoms with Gasteiger partial charge in [-0.25, -0.2) is 4.39 Å². The van der Waals surface area contributed by atoms with Gasteiger partial charge in [-0.2, -0.15) is 13.2 Å². The van der Waals surface area contributed by atoms with Crippen LogP contribution >= 0.6 is 0 Å². The summed E-state index contributed by atoms with van der Waals surface area (Å²) in [5, 5.41) is 21.7. The van der Waals surface area contributed by atoms with Crippen molar-refractivity contribution in [2.24, 2.45) is 0 Å². The number of aromatic hydroxyl groups is 1. The summed E-state index contributed by atoms with van der Waals surface area (Å²) in [5.74, 6) is -1.04. The van der Waals surface area contributed by atoms with Crippen LogP contribution in [0.25, 0.3) is 10.9 Å². The van der Waals surface area contributed by atoms with Gasteiger partial charge in [0.25, 0.3) is 0 Å². The van der Waals surface area contributed by atoms with Crippen LogP contribution in [0.3, 0.4) is 0 Å². The summed E-state index contributed by atoms with van der Waals surface area (Å²) < 4.78 is 62.1. The van der Waals surface area contributed by atoms with E-state index in [4.69, 9.17) is 4.74 Å². The summed E-state index contributed by atoms with van der Waals surface area (Å²) in [4.78, 5) is 15.7. The minimum Gasteiger partial charge on any atom is -0.508 e. The first-order chi connectivity index (χ1) is 16.8. The van der Waals surface area contributed by atoms with Gasteiger partial charge in [-0.1, -0.05) is 26.0 Å². The van der Waals surface area contributed by atoms with Crippen LogP contribution in [0.2, 0.25) is 0 Å². The first kappa shape index (κ1) is 26.0. The van der Waals surface area contributed by atoms with Crippen LogP contribution in [0.4, 0.5) is 17.6 Å². The van der Waals surface area contributed by atoms with Crippen molar-refractivity contribution in [3.05, 3.63) is 65.1 Å². The Hall–Kier alpha value is -3.11. The van der Waals surface area contributed by atoms with E-state index < -0.39 is 35.9 Å². The van der Waals surface area contributed by atoms with Gasteiger partial charge < -0.3 is 24.8 Å². The Balaban J connectivity index is 1.62. The number of phenolic OH excluding ortho intramolecular Hbond substituents is 1. The maximum absolute atomic E-state index is 14.2. The van der Waals surface area contributed by atoms with Crippen LogP contribution in [0, 0.1) is 5.82 Å². The highest BCUT2D eigenvalue weighted by atomic mass is 19.4. The highest BCUT2D eigenvalue weighted by Gasteiger charge is 2.56. The normalized spacial score (nSPS) is 18.9. The zero-order valence-electron chi connectivity index (χ0n) is 19.9. The number of aromatic nitrogens is 1. The van der Waals surface area contributed by atoms with Crippen LogP contribution in [-0.2, 0) is 21.4 Å². The second-order valence-electron chi connectivity index (χ2n) is 10.0. The van der Waals surface area contributed by atoms with Gasteiger partial charge in [0.1, 0.15) is 17.7 Å². The van der Waals surface area contributed by atoms with Gasteiger partial charge in [0, 0.05) is 29.7 Å². The summed E-state index contributed by atoms with van der Waals surface area (Å²) in [6, 6.07) is 9.92. The lowest BCUT2D eigenvalue weighted by atomic mass is 9.73. The lowest BCUT2D eigenvalue weighted by Gasteiger charge is -2.38. The quantitative estimate of drug-likeness (QED) is 0.318. The van der Waals surface area contributed by atoms with E-state index in [2.05, 4.69) is 4.98 Å². The van der Waals surface area contributed by atoms with Gasteiger partial charge in [0.05, 0.1) is 13.2 Å². The number of amides is 1. The molecule has 1 aliphatic rings. The van der Waals surface area contributed by atoms with Crippen molar-refractivity contribution < 1.29 is 37.3 Å². The molecule has 0 aliphatic carbocycles. The Bertz CT molecular complexity index is 1260. The SMILES string of the molecule is CC(C)(CC(O)(Cc1cc2ccc(C3CN(C=O)CCO3)cc2[nH]1)C(F)(F)F)c1cc(F)ccc1O. The van der Waals surface area contributed by atoms with Crippen LogP contribution in [0.5, 0.6) is 5.75 Å². The van der Waals surface area contributed by atoms with Gasteiger partial charge in [-0.05, 0) is 53.1 Å². The van der Waals surface area contributed by atoms with E-state index in [9.17, 15) is 32.6 Å². The van der Waals surface area contributed by atoms with Crippen molar-refractivity contribution in [1.29, 1.82) is 0 Å². The molecule has 194 valence electrons. The average molecular weight is 509 g/mol. The van der Waals surface area contributed by atoms with E-state index >= 15 is 0 Å². The van der Waals surface area contributed by atoms with Crippen LogP contribution in [0.1, 0.15) is 43.2 Å². The maximum atomic E-state index is 14.2. The lowest BCUT2D eigenvalue weighted by Crippen LogP contribution is -2.50. The summed E-state index contributed by atoms with van der Waals surface area (Å²) in [5.41, 5.74) is -3.07. The van der Waals surface area contributed by atoms with E-state index in [1.54, 1.807) is 29.2 Å². The van der Waals surface area contributed by atoms with Crippen molar-refractivity contribution in [3.63, 3.8) is 0 Å². The van der Waals surface area contributed by atoms with E-state index in [0.29, 0.717) is 30.6 Å². The fraction of sp³-hybridized carbons (Fsp3) is 0.423. The number of phenols is 1. The van der Waals surface area contributed by atoms with Crippen molar-refractivity contribution >= 4 is 17.3 Å². The minimum absolute atomic E-state index is 0.0247. The monoisotopic (exact) mass is 508 g/mol. The predicted octanol–water partition coefficient (Wildman–Crippen LogP) is 4.75. The van der Waals surface area contributed by atoms with E-state index in [-0.39, 0.29) is 23.1 Å². The number of aromatic amines is 1. The molecule has 2 atom stereocenters.